The van der Waals surface area contributed by atoms with Crippen molar-refractivity contribution in [3.05, 3.63) is 0 Å². The first kappa shape index (κ1) is 73.8. The van der Waals surface area contributed by atoms with Gasteiger partial charge < -0.3 is 24.2 Å². The summed E-state index contributed by atoms with van der Waals surface area (Å²) in [6, 6.07) is 0. The van der Waals surface area contributed by atoms with Crippen molar-refractivity contribution in [3.63, 3.8) is 0 Å². The van der Waals surface area contributed by atoms with Crippen LogP contribution in [0.1, 0.15) is 317 Å². The Morgan fingerprint density at radius 2 is 0.494 bits per heavy atom. The van der Waals surface area contributed by atoms with E-state index in [1.54, 1.807) is 0 Å². The molecule has 1 aliphatic heterocycles. The van der Waals surface area contributed by atoms with Crippen LogP contribution in [0.2, 0.25) is 0 Å². The summed E-state index contributed by atoms with van der Waals surface area (Å²) in [5.41, 5.74) is 0. The van der Waals surface area contributed by atoms with Gasteiger partial charge in [0.2, 0.25) is 0 Å². The van der Waals surface area contributed by atoms with Gasteiger partial charge in [-0.15, -0.1) is 0 Å². The van der Waals surface area contributed by atoms with E-state index in [2.05, 4.69) is 59.1 Å². The molecule has 0 saturated carbocycles. The third kappa shape index (κ3) is 51.4. The van der Waals surface area contributed by atoms with E-state index in [-0.39, 0.29) is 11.9 Å². The molecule has 0 amide bonds. The summed E-state index contributed by atoms with van der Waals surface area (Å²) in [5.74, 6) is -0.0573. The van der Waals surface area contributed by atoms with E-state index in [1.807, 2.05) is 0 Å². The summed E-state index contributed by atoms with van der Waals surface area (Å²) in [7, 11) is 0. The Kier molecular flexibility index (Phi) is 56.9. The normalized spacial score (nSPS) is 13.5. The molecule has 1 fully saturated rings. The van der Waals surface area contributed by atoms with E-state index in [4.69, 9.17) is 9.47 Å². The zero-order valence-corrected chi connectivity index (χ0v) is 53.0. The lowest BCUT2D eigenvalue weighted by molar-refractivity contribution is -0.144. The highest BCUT2D eigenvalue weighted by Gasteiger charge is 2.19. The predicted molar refractivity (Wildman–Crippen MR) is 336 cm³/mol. The predicted octanol–water partition coefficient (Wildman–Crippen LogP) is 17.9. The molecule has 1 rings (SSSR count). The molecule has 9 heteroatoms. The Morgan fingerprint density at radius 3 is 0.779 bits per heavy atom. The molecular formula is C68H137N5O4. The van der Waals surface area contributed by atoms with Crippen LogP contribution in [0.15, 0.2) is 0 Å². The summed E-state index contributed by atoms with van der Waals surface area (Å²) in [4.78, 5) is 38.5. The minimum atomic E-state index is -0.0287. The average Bonchev–Trinajstić information content (AvgIpc) is 3.44. The van der Waals surface area contributed by atoms with Gasteiger partial charge in [0.1, 0.15) is 0 Å². The van der Waals surface area contributed by atoms with Crippen molar-refractivity contribution in [2.45, 2.75) is 317 Å². The van der Waals surface area contributed by atoms with Gasteiger partial charge in [0.25, 0.3) is 0 Å². The molecule has 0 bridgehead atoms. The fourth-order valence-electron chi connectivity index (χ4n) is 11.3. The molecule has 9 nitrogen and oxygen atoms in total. The first-order valence-corrected chi connectivity index (χ1v) is 34.9. The number of nitrogens with zero attached hydrogens (tertiary/aromatic N) is 5. The van der Waals surface area contributed by atoms with Gasteiger partial charge in [0.05, 0.1) is 13.2 Å². The van der Waals surface area contributed by atoms with E-state index in [1.165, 1.54) is 265 Å². The Bertz CT molecular complexity index is 1140. The average molecular weight is 1090 g/mol. The highest BCUT2D eigenvalue weighted by atomic mass is 16.5. The minimum absolute atomic E-state index is 0.0287. The molecule has 0 N–H and O–H groups in total. The van der Waals surface area contributed by atoms with Gasteiger partial charge in [-0.1, -0.05) is 247 Å². The summed E-state index contributed by atoms with van der Waals surface area (Å²) < 4.78 is 10.9. The van der Waals surface area contributed by atoms with Crippen LogP contribution >= 0.6 is 0 Å². The quantitative estimate of drug-likeness (QED) is 0.0438. The number of esters is 2. The van der Waals surface area contributed by atoms with Crippen molar-refractivity contribution in [2.24, 2.45) is 0 Å². The van der Waals surface area contributed by atoms with Gasteiger partial charge in [-0.25, -0.2) is 0 Å². The Labute approximate surface area is 482 Å². The van der Waals surface area contributed by atoms with Crippen molar-refractivity contribution in [2.75, 3.05) is 111 Å². The number of unbranched alkanes of at least 4 members (excludes halogenated alkanes) is 35. The van der Waals surface area contributed by atoms with Crippen molar-refractivity contribution >= 4 is 11.9 Å². The summed E-state index contributed by atoms with van der Waals surface area (Å²) in [6.45, 7) is 30.3. The topological polar surface area (TPSA) is 68.8 Å². The maximum atomic E-state index is 12.3. The maximum absolute atomic E-state index is 12.3. The van der Waals surface area contributed by atoms with Crippen LogP contribution in [0.3, 0.4) is 0 Å². The molecule has 0 radical (unpaired) electrons. The lowest BCUT2D eigenvalue weighted by atomic mass is 10.1. The standard InChI is InChI=1S/C68H137N5O4/c1-6-11-16-19-22-25-28-31-34-41-50-69(51-42-35-32-29-26-23-20-17-12-7-2)55-57-71(54-43-36-33-30-27-24-21-18-13-8-3)58-60-73-63-61-72(62-64-73)59-56-70(52-44-37-39-48-67(74)76-65-46-14-9-4)53-45-38-40-49-68(75)77-66-47-15-10-5/h6-66H2,1-5H3. The zero-order valence-electron chi connectivity index (χ0n) is 53.0. The maximum Gasteiger partial charge on any atom is 0.305 e. The van der Waals surface area contributed by atoms with Crippen molar-refractivity contribution < 1.29 is 19.1 Å². The van der Waals surface area contributed by atoms with Crippen molar-refractivity contribution in [1.82, 2.24) is 24.5 Å². The first-order chi connectivity index (χ1) is 37.9. The molecule has 0 atom stereocenters. The van der Waals surface area contributed by atoms with Crippen LogP contribution in [-0.4, -0.2) is 148 Å². The highest BCUT2D eigenvalue weighted by molar-refractivity contribution is 5.69. The van der Waals surface area contributed by atoms with Gasteiger partial charge >= 0.3 is 11.9 Å². The third-order valence-corrected chi connectivity index (χ3v) is 16.9. The van der Waals surface area contributed by atoms with Crippen LogP contribution in [0.4, 0.5) is 0 Å². The van der Waals surface area contributed by atoms with E-state index in [9.17, 15) is 9.59 Å². The number of piperazine rings is 1. The zero-order chi connectivity index (χ0) is 55.6. The molecule has 1 saturated heterocycles. The Morgan fingerprint density at radius 1 is 0.273 bits per heavy atom. The van der Waals surface area contributed by atoms with E-state index in [0.717, 1.165) is 103 Å². The largest absolute Gasteiger partial charge is 0.466 e. The monoisotopic (exact) mass is 1090 g/mol. The van der Waals surface area contributed by atoms with Crippen molar-refractivity contribution in [1.29, 1.82) is 0 Å². The lowest BCUT2D eigenvalue weighted by Gasteiger charge is -2.37. The summed E-state index contributed by atoms with van der Waals surface area (Å²) in [5, 5.41) is 0. The summed E-state index contributed by atoms with van der Waals surface area (Å²) in [6.07, 6.45) is 56.2. The van der Waals surface area contributed by atoms with Gasteiger partial charge in [-0.3, -0.25) is 19.4 Å². The second-order valence-corrected chi connectivity index (χ2v) is 24.2. The van der Waals surface area contributed by atoms with Crippen LogP contribution in [0.25, 0.3) is 0 Å². The Hall–Kier alpha value is -1.26. The second kappa shape index (κ2) is 59.4. The Balaban J connectivity index is 2.77. The number of carbonyl (C=O) groups is 2. The SMILES string of the molecule is CCCCCCCCCCCCN(CCCCCCCCCCCC)CCN(CCCCCCCCCCCC)CCN1CCN(CCN(CCCCCC(=O)OCCCCC)CCCCCC(=O)OCCCCC)CC1. The van der Waals surface area contributed by atoms with Gasteiger partial charge in [-0.05, 0) is 90.5 Å². The molecular weight excluding hydrogens is 951 g/mol. The summed E-state index contributed by atoms with van der Waals surface area (Å²) >= 11 is 0. The van der Waals surface area contributed by atoms with Crippen LogP contribution in [0.5, 0.6) is 0 Å². The van der Waals surface area contributed by atoms with E-state index >= 15 is 0 Å². The fourth-order valence-corrected chi connectivity index (χ4v) is 11.3. The second-order valence-electron chi connectivity index (χ2n) is 24.2. The number of carbonyl (C=O) groups excluding carboxylic acids is 2. The molecule has 0 aromatic rings. The van der Waals surface area contributed by atoms with Gasteiger partial charge in [0, 0.05) is 78.3 Å². The fraction of sp³-hybridized carbons (Fsp3) is 0.971. The van der Waals surface area contributed by atoms with Crippen LogP contribution < -0.4 is 0 Å². The smallest absolute Gasteiger partial charge is 0.305 e. The number of ether oxygens (including phenoxy) is 2. The van der Waals surface area contributed by atoms with Crippen LogP contribution in [-0.2, 0) is 19.1 Å². The molecule has 1 aliphatic rings. The molecule has 0 aromatic carbocycles. The molecule has 77 heavy (non-hydrogen) atoms. The van der Waals surface area contributed by atoms with Crippen LogP contribution in [0, 0.1) is 0 Å². The minimum Gasteiger partial charge on any atom is -0.466 e. The van der Waals surface area contributed by atoms with E-state index < -0.39 is 0 Å². The number of rotatable bonds is 62. The van der Waals surface area contributed by atoms with Gasteiger partial charge in [0.15, 0.2) is 0 Å². The molecule has 458 valence electrons. The number of hydrogen-bond acceptors (Lipinski definition) is 9. The van der Waals surface area contributed by atoms with Crippen molar-refractivity contribution in [3.8, 4) is 0 Å². The van der Waals surface area contributed by atoms with E-state index in [0.29, 0.717) is 26.1 Å². The highest BCUT2D eigenvalue weighted by Crippen LogP contribution is 2.16. The first-order valence-electron chi connectivity index (χ1n) is 34.9. The molecule has 0 aromatic heterocycles. The molecule has 0 spiro atoms. The van der Waals surface area contributed by atoms with Gasteiger partial charge in [-0.2, -0.15) is 0 Å². The lowest BCUT2D eigenvalue weighted by Crippen LogP contribution is -2.50. The third-order valence-electron chi connectivity index (χ3n) is 16.9. The molecule has 0 unspecified atom stereocenters. The number of hydrogen-bond donors (Lipinski definition) is 0. The molecule has 1 heterocycles. The molecule has 0 aliphatic carbocycles.